The van der Waals surface area contributed by atoms with Gasteiger partial charge in [-0.2, -0.15) is 0 Å². The van der Waals surface area contributed by atoms with E-state index < -0.39 is 5.97 Å². The highest BCUT2D eigenvalue weighted by molar-refractivity contribution is 9.10. The molecule has 1 fully saturated rings. The zero-order chi connectivity index (χ0) is 22.8. The summed E-state index contributed by atoms with van der Waals surface area (Å²) >= 11 is 9.69. The summed E-state index contributed by atoms with van der Waals surface area (Å²) in [6, 6.07) is 9.94. The first-order valence-electron chi connectivity index (χ1n) is 9.95. The molecule has 0 atom stereocenters. The number of halogens is 2. The van der Waals surface area contributed by atoms with Crippen molar-refractivity contribution >= 4 is 44.5 Å². The van der Waals surface area contributed by atoms with E-state index in [0.29, 0.717) is 62.7 Å². The molecule has 1 heterocycles. The van der Waals surface area contributed by atoms with E-state index in [1.807, 2.05) is 0 Å². The third kappa shape index (κ3) is 4.48. The zero-order valence-corrected chi connectivity index (χ0v) is 19.4. The van der Waals surface area contributed by atoms with Crippen LogP contribution in [0.3, 0.4) is 0 Å². The Bertz CT molecular complexity index is 1220. The van der Waals surface area contributed by atoms with Gasteiger partial charge in [0.2, 0.25) is 0 Å². The molecule has 9 heteroatoms. The molecule has 0 saturated heterocycles. The van der Waals surface area contributed by atoms with Crippen LogP contribution in [-0.2, 0) is 9.53 Å². The van der Waals surface area contributed by atoms with Gasteiger partial charge in [0.1, 0.15) is 12.4 Å². The van der Waals surface area contributed by atoms with Gasteiger partial charge in [0.05, 0.1) is 46.2 Å². The monoisotopic (exact) mass is 522 g/mol. The van der Waals surface area contributed by atoms with Gasteiger partial charge in [0.15, 0.2) is 22.5 Å². The van der Waals surface area contributed by atoms with Crippen LogP contribution in [0.5, 0.6) is 11.5 Å². The van der Waals surface area contributed by atoms with Crippen molar-refractivity contribution < 1.29 is 28.5 Å². The highest BCUT2D eigenvalue weighted by atomic mass is 79.9. The van der Waals surface area contributed by atoms with Crippen molar-refractivity contribution in [1.29, 1.82) is 0 Å². The number of aliphatic carboxylic acids is 1. The quantitative estimate of drug-likeness (QED) is 0.408. The summed E-state index contributed by atoms with van der Waals surface area (Å²) in [4.78, 5) is 23.5. The molecule has 1 saturated carbocycles. The van der Waals surface area contributed by atoms with Crippen LogP contribution in [-0.4, -0.2) is 37.5 Å². The number of fused-ring (bicyclic) bond motifs is 1. The van der Waals surface area contributed by atoms with E-state index in [-0.39, 0.29) is 24.1 Å². The Kier molecular flexibility index (Phi) is 6.74. The van der Waals surface area contributed by atoms with E-state index in [2.05, 4.69) is 15.9 Å². The first-order valence-corrected chi connectivity index (χ1v) is 11.1. The van der Waals surface area contributed by atoms with E-state index in [1.54, 1.807) is 30.3 Å². The molecule has 1 N–H and O–H groups in total. The average Bonchev–Trinajstić information content (AvgIpc) is 2.73. The Morgan fingerprint density at radius 2 is 2.00 bits per heavy atom. The van der Waals surface area contributed by atoms with Crippen molar-refractivity contribution in [2.24, 2.45) is 5.92 Å². The molecule has 4 rings (SSSR count). The second-order valence-electron chi connectivity index (χ2n) is 7.40. The minimum atomic E-state index is -0.784. The third-order valence-electron chi connectivity index (χ3n) is 5.37. The maximum atomic E-state index is 12.6. The molecule has 0 amide bonds. The molecule has 0 radical (unpaired) electrons. The highest BCUT2D eigenvalue weighted by Crippen LogP contribution is 2.43. The number of methoxy groups -OCH3 is 1. The number of hydrogen-bond donors (Lipinski definition) is 1. The van der Waals surface area contributed by atoms with Crippen LogP contribution in [0.25, 0.3) is 22.3 Å². The van der Waals surface area contributed by atoms with Gasteiger partial charge in [0.25, 0.3) is 0 Å². The van der Waals surface area contributed by atoms with E-state index in [0.717, 1.165) is 0 Å². The standard InChI is InChI=1S/C23H20BrClO7/c1-29-21-15(19-11-18(26)14-3-2-4-17(25)20(14)32-19)5-6-16(24)22(21)31-8-7-30-13-9-12(10-13)23(27)28/h2-6,11-13H,7-10H2,1H3,(H,27,28)/t12-,13+. The first kappa shape index (κ1) is 22.6. The van der Waals surface area contributed by atoms with Crippen molar-refractivity contribution in [3.05, 3.63) is 56.1 Å². The molecule has 3 aromatic rings. The summed E-state index contributed by atoms with van der Waals surface area (Å²) in [6.07, 6.45) is 0.968. The third-order valence-corrected chi connectivity index (χ3v) is 6.29. The van der Waals surface area contributed by atoms with Crippen molar-refractivity contribution in [2.45, 2.75) is 18.9 Å². The van der Waals surface area contributed by atoms with Crippen molar-refractivity contribution in [3.63, 3.8) is 0 Å². The maximum absolute atomic E-state index is 12.6. The highest BCUT2D eigenvalue weighted by Gasteiger charge is 2.35. The van der Waals surface area contributed by atoms with Crippen LogP contribution < -0.4 is 14.9 Å². The average molecular weight is 524 g/mol. The molecular formula is C23H20BrClO7. The van der Waals surface area contributed by atoms with Gasteiger partial charge in [-0.3, -0.25) is 9.59 Å². The second-order valence-corrected chi connectivity index (χ2v) is 8.66. The lowest BCUT2D eigenvalue weighted by Crippen LogP contribution is -2.37. The van der Waals surface area contributed by atoms with Gasteiger partial charge >= 0.3 is 5.97 Å². The van der Waals surface area contributed by atoms with E-state index in [9.17, 15) is 9.59 Å². The number of hydrogen-bond acceptors (Lipinski definition) is 6. The summed E-state index contributed by atoms with van der Waals surface area (Å²) in [5, 5.41) is 9.67. The van der Waals surface area contributed by atoms with Crippen LogP contribution in [0.15, 0.2) is 50.1 Å². The molecule has 0 aliphatic heterocycles. The maximum Gasteiger partial charge on any atom is 0.306 e. The number of benzene rings is 2. The number of ether oxygens (including phenoxy) is 3. The van der Waals surface area contributed by atoms with E-state index >= 15 is 0 Å². The van der Waals surface area contributed by atoms with Crippen LogP contribution in [0.1, 0.15) is 12.8 Å². The predicted octanol–water partition coefficient (Wildman–Crippen LogP) is 5.14. The van der Waals surface area contributed by atoms with Crippen LogP contribution in [0, 0.1) is 5.92 Å². The summed E-state index contributed by atoms with van der Waals surface area (Å²) < 4.78 is 23.8. The lowest BCUT2D eigenvalue weighted by Gasteiger charge is -2.32. The van der Waals surface area contributed by atoms with Crippen molar-refractivity contribution in [2.75, 3.05) is 20.3 Å². The Morgan fingerprint density at radius 1 is 1.22 bits per heavy atom. The summed E-state index contributed by atoms with van der Waals surface area (Å²) in [5.74, 6) is 0.0245. The predicted molar refractivity (Wildman–Crippen MR) is 123 cm³/mol. The number of para-hydroxylation sites is 1. The smallest absolute Gasteiger partial charge is 0.306 e. The molecule has 7 nitrogen and oxygen atoms in total. The minimum Gasteiger partial charge on any atom is -0.492 e. The zero-order valence-electron chi connectivity index (χ0n) is 17.1. The fourth-order valence-corrected chi connectivity index (χ4v) is 4.25. The van der Waals surface area contributed by atoms with Crippen LogP contribution in [0.2, 0.25) is 5.02 Å². The molecular weight excluding hydrogens is 504 g/mol. The molecule has 0 spiro atoms. The lowest BCUT2D eigenvalue weighted by atomic mass is 9.82. The molecule has 1 aliphatic rings. The molecule has 0 bridgehead atoms. The minimum absolute atomic E-state index is 0.0620. The van der Waals surface area contributed by atoms with Gasteiger partial charge < -0.3 is 23.7 Å². The van der Waals surface area contributed by atoms with Crippen LogP contribution in [0.4, 0.5) is 0 Å². The molecule has 32 heavy (non-hydrogen) atoms. The molecule has 168 valence electrons. The molecule has 1 aromatic heterocycles. The van der Waals surface area contributed by atoms with E-state index in [1.165, 1.54) is 13.2 Å². The van der Waals surface area contributed by atoms with Gasteiger partial charge in [0, 0.05) is 6.07 Å². The van der Waals surface area contributed by atoms with Crippen molar-refractivity contribution in [1.82, 2.24) is 0 Å². The Balaban J connectivity index is 1.54. The molecule has 1 aliphatic carbocycles. The largest absolute Gasteiger partial charge is 0.492 e. The first-order chi connectivity index (χ1) is 15.4. The van der Waals surface area contributed by atoms with E-state index in [4.69, 9.17) is 35.3 Å². The topological polar surface area (TPSA) is 95.2 Å². The summed E-state index contributed by atoms with van der Waals surface area (Å²) in [5.41, 5.74) is 0.622. The Labute approximate surface area is 197 Å². The SMILES string of the molecule is COc1c(-c2cc(=O)c3cccc(Cl)c3o2)ccc(Br)c1OCCO[C@H]1C[C@@H](C(=O)O)C1. The number of rotatable bonds is 8. The molecule has 2 aromatic carbocycles. The number of carbonyl (C=O) groups is 1. The van der Waals surface area contributed by atoms with Gasteiger partial charge in [-0.05, 0) is 53.0 Å². The van der Waals surface area contributed by atoms with Gasteiger partial charge in [-0.15, -0.1) is 0 Å². The number of carboxylic acid groups (broad SMARTS) is 1. The summed E-state index contributed by atoms with van der Waals surface area (Å²) in [6.45, 7) is 0.539. The lowest BCUT2D eigenvalue weighted by molar-refractivity contribution is -0.151. The normalized spacial score (nSPS) is 17.7. The Hall–Kier alpha value is -2.55. The van der Waals surface area contributed by atoms with Crippen molar-refractivity contribution in [3.8, 4) is 22.8 Å². The van der Waals surface area contributed by atoms with Gasteiger partial charge in [-0.1, -0.05) is 17.7 Å². The summed E-state index contributed by atoms with van der Waals surface area (Å²) in [7, 11) is 1.50. The molecule has 0 unspecified atom stereocenters. The fraction of sp³-hybridized carbons (Fsp3) is 0.304. The second kappa shape index (κ2) is 9.52. The van der Waals surface area contributed by atoms with Crippen LogP contribution >= 0.6 is 27.5 Å². The van der Waals surface area contributed by atoms with Gasteiger partial charge in [-0.25, -0.2) is 0 Å². The Morgan fingerprint density at radius 3 is 2.72 bits per heavy atom. The number of carboxylic acids is 1. The fourth-order valence-electron chi connectivity index (χ4n) is 3.61.